The SMILES string of the molecule is CC(C)(C)OC(=O)NC1CCN(CC(F)(F)c2ccc(C(F)(F)F)cc2)CC1. The van der Waals surface area contributed by atoms with Crippen molar-refractivity contribution in [2.24, 2.45) is 0 Å². The lowest BCUT2D eigenvalue weighted by molar-refractivity contribution is -0.137. The average Bonchev–Trinajstić information content (AvgIpc) is 2.54. The summed E-state index contributed by atoms with van der Waals surface area (Å²) in [4.78, 5) is 13.3. The van der Waals surface area contributed by atoms with E-state index in [4.69, 9.17) is 4.74 Å². The highest BCUT2D eigenvalue weighted by Crippen LogP contribution is 2.34. The van der Waals surface area contributed by atoms with Gasteiger partial charge in [0.25, 0.3) is 5.92 Å². The second-order valence-corrected chi connectivity index (χ2v) is 7.98. The van der Waals surface area contributed by atoms with Crippen LogP contribution in [0.2, 0.25) is 0 Å². The minimum Gasteiger partial charge on any atom is -0.444 e. The molecule has 0 atom stereocenters. The van der Waals surface area contributed by atoms with Crippen molar-refractivity contribution < 1.29 is 31.5 Å². The van der Waals surface area contributed by atoms with Crippen LogP contribution in [0.15, 0.2) is 24.3 Å². The predicted molar refractivity (Wildman–Crippen MR) is 94.2 cm³/mol. The van der Waals surface area contributed by atoms with Crippen LogP contribution in [0.25, 0.3) is 0 Å². The molecule has 0 aliphatic carbocycles. The molecule has 9 heteroatoms. The van der Waals surface area contributed by atoms with Crippen LogP contribution in [-0.2, 0) is 16.8 Å². The zero-order valence-electron chi connectivity index (χ0n) is 16.1. The van der Waals surface area contributed by atoms with Crippen LogP contribution in [0, 0.1) is 0 Å². The van der Waals surface area contributed by atoms with E-state index in [9.17, 15) is 26.7 Å². The van der Waals surface area contributed by atoms with Crippen molar-refractivity contribution in [3.8, 4) is 0 Å². The van der Waals surface area contributed by atoms with Gasteiger partial charge in [0.15, 0.2) is 0 Å². The molecule has 0 spiro atoms. The van der Waals surface area contributed by atoms with E-state index in [0.29, 0.717) is 38.1 Å². The summed E-state index contributed by atoms with van der Waals surface area (Å²) in [5.74, 6) is -3.27. The number of likely N-dealkylation sites (tertiary alicyclic amines) is 1. The van der Waals surface area contributed by atoms with E-state index in [1.807, 2.05) is 0 Å². The normalized spacial score (nSPS) is 17.4. The third-order valence-corrected chi connectivity index (χ3v) is 4.37. The first-order valence-electron chi connectivity index (χ1n) is 9.04. The molecule has 1 amide bonds. The summed E-state index contributed by atoms with van der Waals surface area (Å²) in [7, 11) is 0. The van der Waals surface area contributed by atoms with Gasteiger partial charge in [0.1, 0.15) is 5.60 Å². The first-order valence-corrected chi connectivity index (χ1v) is 9.04. The molecule has 1 aliphatic heterocycles. The Morgan fingerprint density at radius 1 is 1.04 bits per heavy atom. The fourth-order valence-electron chi connectivity index (χ4n) is 2.98. The highest BCUT2D eigenvalue weighted by Gasteiger charge is 2.37. The highest BCUT2D eigenvalue weighted by molar-refractivity contribution is 5.68. The molecule has 0 bridgehead atoms. The number of rotatable bonds is 4. The summed E-state index contributed by atoms with van der Waals surface area (Å²) in [5.41, 5.74) is -2.02. The maximum Gasteiger partial charge on any atom is 0.416 e. The molecule has 0 radical (unpaired) electrons. The molecule has 1 heterocycles. The zero-order valence-corrected chi connectivity index (χ0v) is 16.1. The lowest BCUT2D eigenvalue weighted by atomic mass is 10.0. The molecule has 28 heavy (non-hydrogen) atoms. The van der Waals surface area contributed by atoms with Crippen molar-refractivity contribution in [2.75, 3.05) is 19.6 Å². The number of ether oxygens (including phenoxy) is 1. The maximum atomic E-state index is 14.4. The van der Waals surface area contributed by atoms with Crippen molar-refractivity contribution in [3.63, 3.8) is 0 Å². The van der Waals surface area contributed by atoms with Gasteiger partial charge in [-0.05, 0) is 45.7 Å². The van der Waals surface area contributed by atoms with Gasteiger partial charge in [0, 0.05) is 24.7 Å². The number of nitrogens with zero attached hydrogens (tertiary/aromatic N) is 1. The van der Waals surface area contributed by atoms with E-state index in [-0.39, 0.29) is 6.04 Å². The van der Waals surface area contributed by atoms with E-state index in [1.165, 1.54) is 0 Å². The van der Waals surface area contributed by atoms with Gasteiger partial charge < -0.3 is 10.1 Å². The van der Waals surface area contributed by atoms with Gasteiger partial charge >= 0.3 is 12.3 Å². The van der Waals surface area contributed by atoms with Crippen LogP contribution in [0.4, 0.5) is 26.7 Å². The summed E-state index contributed by atoms with van der Waals surface area (Å²) in [5, 5.41) is 2.73. The van der Waals surface area contributed by atoms with Crippen LogP contribution in [0.3, 0.4) is 0 Å². The number of carbonyl (C=O) groups excluding carboxylic acids is 1. The quantitative estimate of drug-likeness (QED) is 0.729. The number of nitrogens with one attached hydrogen (secondary N) is 1. The number of alkyl halides is 5. The van der Waals surface area contributed by atoms with Crippen molar-refractivity contribution in [3.05, 3.63) is 35.4 Å². The molecule has 1 N–H and O–H groups in total. The Bertz CT molecular complexity index is 660. The molecule has 4 nitrogen and oxygen atoms in total. The number of amides is 1. The Kier molecular flexibility index (Phi) is 6.58. The number of hydrogen-bond acceptors (Lipinski definition) is 3. The maximum absolute atomic E-state index is 14.4. The Labute approximate surface area is 161 Å². The molecule has 1 aromatic rings. The highest BCUT2D eigenvalue weighted by atomic mass is 19.4. The number of hydrogen-bond donors (Lipinski definition) is 1. The largest absolute Gasteiger partial charge is 0.444 e. The van der Waals surface area contributed by atoms with Crippen molar-refractivity contribution in [1.82, 2.24) is 10.2 Å². The number of halogens is 5. The lowest BCUT2D eigenvalue weighted by Crippen LogP contribution is -2.48. The smallest absolute Gasteiger partial charge is 0.416 e. The first kappa shape index (κ1) is 22.4. The molecule has 1 fully saturated rings. The number of alkyl carbamates (subject to hydrolysis) is 1. The molecule has 0 unspecified atom stereocenters. The fraction of sp³-hybridized carbons (Fsp3) is 0.632. The van der Waals surface area contributed by atoms with Gasteiger partial charge in [-0.3, -0.25) is 4.90 Å². The first-order chi connectivity index (χ1) is 12.8. The summed E-state index contributed by atoms with van der Waals surface area (Å²) < 4.78 is 71.8. The fourth-order valence-corrected chi connectivity index (χ4v) is 2.98. The molecular weight excluding hydrogens is 383 g/mol. The summed E-state index contributed by atoms with van der Waals surface area (Å²) in [6.07, 6.45) is -4.12. The van der Waals surface area contributed by atoms with Crippen LogP contribution >= 0.6 is 0 Å². The van der Waals surface area contributed by atoms with E-state index < -0.39 is 41.5 Å². The van der Waals surface area contributed by atoms with E-state index in [0.717, 1.165) is 12.1 Å². The minimum atomic E-state index is -4.56. The number of piperidine rings is 1. The monoisotopic (exact) mass is 408 g/mol. The molecule has 1 aliphatic rings. The van der Waals surface area contributed by atoms with Crippen molar-refractivity contribution >= 4 is 6.09 Å². The van der Waals surface area contributed by atoms with E-state index in [2.05, 4.69) is 5.32 Å². The van der Waals surface area contributed by atoms with Crippen LogP contribution in [-0.4, -0.2) is 42.3 Å². The average molecular weight is 408 g/mol. The van der Waals surface area contributed by atoms with Crippen molar-refractivity contribution in [2.45, 2.75) is 57.4 Å². The van der Waals surface area contributed by atoms with Crippen LogP contribution in [0.1, 0.15) is 44.7 Å². The van der Waals surface area contributed by atoms with Gasteiger partial charge in [-0.1, -0.05) is 12.1 Å². The standard InChI is InChI=1S/C19H25F5N2O2/c1-17(2,3)28-16(27)25-15-8-10-26(11-9-15)12-18(20,21)13-4-6-14(7-5-13)19(22,23)24/h4-7,15H,8-12H2,1-3H3,(H,25,27). The van der Waals surface area contributed by atoms with Crippen LogP contribution in [0.5, 0.6) is 0 Å². The van der Waals surface area contributed by atoms with E-state index in [1.54, 1.807) is 25.7 Å². The van der Waals surface area contributed by atoms with Gasteiger partial charge in [0.2, 0.25) is 0 Å². The second-order valence-electron chi connectivity index (χ2n) is 7.98. The number of benzene rings is 1. The van der Waals surface area contributed by atoms with Crippen LogP contribution < -0.4 is 5.32 Å². The summed E-state index contributed by atoms with van der Waals surface area (Å²) >= 11 is 0. The van der Waals surface area contributed by atoms with Gasteiger partial charge in [0.05, 0.1) is 12.1 Å². The Hall–Kier alpha value is -1.90. The van der Waals surface area contributed by atoms with Gasteiger partial charge in [-0.2, -0.15) is 22.0 Å². The zero-order chi connectivity index (χ0) is 21.2. The Balaban J connectivity index is 1.87. The second kappa shape index (κ2) is 8.23. The summed E-state index contributed by atoms with van der Waals surface area (Å²) in [6.45, 7) is 5.35. The summed E-state index contributed by atoms with van der Waals surface area (Å²) in [6, 6.07) is 2.81. The predicted octanol–water partition coefficient (Wildman–Crippen LogP) is 4.79. The molecule has 158 valence electrons. The molecule has 2 rings (SSSR count). The molecular formula is C19H25F5N2O2. The van der Waals surface area contributed by atoms with Crippen molar-refractivity contribution in [1.29, 1.82) is 0 Å². The molecule has 0 aromatic heterocycles. The topological polar surface area (TPSA) is 41.6 Å². The third kappa shape index (κ3) is 6.61. The number of carbonyl (C=O) groups is 1. The minimum absolute atomic E-state index is 0.161. The lowest BCUT2D eigenvalue weighted by Gasteiger charge is -2.34. The molecule has 0 saturated carbocycles. The molecule has 1 aromatic carbocycles. The van der Waals surface area contributed by atoms with E-state index >= 15 is 0 Å². The third-order valence-electron chi connectivity index (χ3n) is 4.37. The Morgan fingerprint density at radius 2 is 1.54 bits per heavy atom. The van der Waals surface area contributed by atoms with Gasteiger partial charge in [-0.25, -0.2) is 4.79 Å². The molecule has 1 saturated heterocycles. The Morgan fingerprint density at radius 3 is 2.00 bits per heavy atom. The van der Waals surface area contributed by atoms with Gasteiger partial charge in [-0.15, -0.1) is 0 Å².